The molecule has 0 aliphatic heterocycles. The average Bonchev–Trinajstić information content (AvgIpc) is 3.10. The molecule has 0 aliphatic rings. The van der Waals surface area contributed by atoms with E-state index in [1.54, 1.807) is 0 Å². The zero-order valence-corrected chi connectivity index (χ0v) is 41.6. The van der Waals surface area contributed by atoms with Crippen LogP contribution in [0.1, 0.15) is 128 Å². The van der Waals surface area contributed by atoms with Gasteiger partial charge in [0.25, 0.3) is 0 Å². The van der Waals surface area contributed by atoms with Gasteiger partial charge < -0.3 is 10.2 Å². The van der Waals surface area contributed by atoms with Gasteiger partial charge in [-0.25, -0.2) is 0 Å². The van der Waals surface area contributed by atoms with Gasteiger partial charge in [0.2, 0.25) is 0 Å². The molecule has 0 saturated heterocycles. The van der Waals surface area contributed by atoms with E-state index in [-0.39, 0.29) is 29.6 Å². The molecule has 0 radical (unpaired) electrons. The van der Waals surface area contributed by atoms with Crippen LogP contribution in [0.2, 0.25) is 0 Å². The maximum atomic E-state index is 12.7. The Balaban J connectivity index is 1.85. The van der Waals surface area contributed by atoms with Crippen molar-refractivity contribution in [1.29, 1.82) is 0 Å². The van der Waals surface area contributed by atoms with Gasteiger partial charge in [0.15, 0.2) is 0 Å². The molecule has 0 amide bonds. The minimum Gasteiger partial charge on any atom is -0.507 e. The predicted octanol–water partition coefficient (Wildman–Crippen LogP) is 15.7. The SMILES string of the molecule is Cc1cc(-c2cc(C(C)(C)C)cc(C(C)(C)C)c2)c(O)c(-c2cc(C)cc(-c3cc(C)cc(-c4cc(C(C)(C)C)cc(C(C)(C)C)c4)c3O)c2P(C)CCCP(C)C)c1. The van der Waals surface area contributed by atoms with Crippen LogP contribution in [0.25, 0.3) is 44.5 Å². The van der Waals surface area contributed by atoms with E-state index in [1.807, 2.05) is 0 Å². The van der Waals surface area contributed by atoms with Gasteiger partial charge in [-0.3, -0.25) is 0 Å². The van der Waals surface area contributed by atoms with Crippen molar-refractivity contribution < 1.29 is 10.2 Å². The first-order chi connectivity index (χ1) is 27.1. The molecule has 0 spiro atoms. The predicted molar refractivity (Wildman–Crippen MR) is 266 cm³/mol. The number of phenolic OH excluding ortho intramolecular Hbond substituents is 2. The van der Waals surface area contributed by atoms with Crippen molar-refractivity contribution in [3.05, 3.63) is 112 Å². The molecule has 59 heavy (non-hydrogen) atoms. The highest BCUT2D eigenvalue weighted by atomic mass is 31.1. The largest absolute Gasteiger partial charge is 0.507 e. The van der Waals surface area contributed by atoms with Gasteiger partial charge in [0, 0.05) is 22.3 Å². The fraction of sp³-hybridized carbons (Fsp3) is 0.455. The Morgan fingerprint density at radius 3 is 0.966 bits per heavy atom. The number of aryl methyl sites for hydroxylation is 3. The Bertz CT molecular complexity index is 2120. The lowest BCUT2D eigenvalue weighted by Gasteiger charge is -2.28. The van der Waals surface area contributed by atoms with Gasteiger partial charge in [-0.15, -0.1) is 7.92 Å². The Morgan fingerprint density at radius 2 is 0.678 bits per heavy atom. The third kappa shape index (κ3) is 10.7. The molecule has 0 saturated carbocycles. The van der Waals surface area contributed by atoms with Crippen molar-refractivity contribution in [1.82, 2.24) is 0 Å². The Morgan fingerprint density at radius 1 is 0.390 bits per heavy atom. The summed E-state index contributed by atoms with van der Waals surface area (Å²) in [7, 11) is -0.676. The van der Waals surface area contributed by atoms with Gasteiger partial charge in [-0.05, 0) is 172 Å². The summed E-state index contributed by atoms with van der Waals surface area (Å²) in [6.07, 6.45) is 3.48. The summed E-state index contributed by atoms with van der Waals surface area (Å²) in [5, 5.41) is 26.5. The minimum absolute atomic E-state index is 0.00200. The lowest BCUT2D eigenvalue weighted by atomic mass is 9.78. The van der Waals surface area contributed by atoms with Crippen LogP contribution in [-0.2, 0) is 21.7 Å². The maximum Gasteiger partial charge on any atom is 0.131 e. The van der Waals surface area contributed by atoms with E-state index in [1.165, 1.54) is 33.7 Å². The second-order valence-electron chi connectivity index (χ2n) is 21.8. The molecule has 0 bridgehead atoms. The van der Waals surface area contributed by atoms with Crippen molar-refractivity contribution in [2.75, 3.05) is 32.3 Å². The average molecular weight is 829 g/mol. The van der Waals surface area contributed by atoms with Gasteiger partial charge >= 0.3 is 0 Å². The number of hydrogen-bond acceptors (Lipinski definition) is 2. The minimum atomic E-state index is -0.674. The summed E-state index contributed by atoms with van der Waals surface area (Å²) in [6.45, 7) is 40.8. The number of phenols is 2. The van der Waals surface area contributed by atoms with Crippen LogP contribution >= 0.6 is 15.8 Å². The first-order valence-electron chi connectivity index (χ1n) is 21.6. The van der Waals surface area contributed by atoms with E-state index in [9.17, 15) is 10.2 Å². The molecule has 2 nitrogen and oxygen atoms in total. The van der Waals surface area contributed by atoms with Crippen LogP contribution in [0.4, 0.5) is 0 Å². The number of rotatable bonds is 9. The Labute approximate surface area is 361 Å². The molecule has 0 aliphatic carbocycles. The van der Waals surface area contributed by atoms with Crippen LogP contribution < -0.4 is 5.30 Å². The second-order valence-corrected chi connectivity index (χ2v) is 26.7. The molecule has 2 N–H and O–H groups in total. The first-order valence-corrected chi connectivity index (χ1v) is 26.0. The van der Waals surface area contributed by atoms with E-state index in [0.29, 0.717) is 11.5 Å². The smallest absolute Gasteiger partial charge is 0.131 e. The monoisotopic (exact) mass is 829 g/mol. The standard InChI is InChI=1S/C55H74O2P2/c1-34-22-43(37-28-39(52(4,5)6)32-40(29-37)53(7,8)9)49(56)45(24-34)47-26-36(3)27-48(51(47)59(18)21-19-20-58(16)17)46-25-35(2)23-44(50(46)57)38-30-41(54(10,11)12)33-42(31-38)55(13,14)15/h22-33,56-57H,19-21H2,1-18H3. The molecule has 4 heteroatoms. The van der Waals surface area contributed by atoms with Crippen molar-refractivity contribution in [2.24, 2.45) is 0 Å². The van der Waals surface area contributed by atoms with E-state index in [2.05, 4.69) is 197 Å². The summed E-state index contributed by atoms with van der Waals surface area (Å²) < 4.78 is 0. The van der Waals surface area contributed by atoms with Gasteiger partial charge in [0.1, 0.15) is 11.5 Å². The normalized spacial score (nSPS) is 13.3. The second kappa shape index (κ2) is 17.1. The van der Waals surface area contributed by atoms with Crippen molar-refractivity contribution in [3.63, 3.8) is 0 Å². The Hall–Kier alpha value is -3.44. The third-order valence-electron chi connectivity index (χ3n) is 11.8. The highest BCUT2D eigenvalue weighted by molar-refractivity contribution is 7.65. The van der Waals surface area contributed by atoms with E-state index >= 15 is 0 Å². The van der Waals surface area contributed by atoms with Crippen molar-refractivity contribution >= 4 is 21.1 Å². The zero-order chi connectivity index (χ0) is 44.2. The molecule has 1 unspecified atom stereocenters. The summed E-state index contributed by atoms with van der Waals surface area (Å²) in [5.41, 5.74) is 15.8. The third-order valence-corrected chi connectivity index (χ3v) is 15.2. The highest BCUT2D eigenvalue weighted by Crippen LogP contribution is 2.49. The molecular formula is C55H74O2P2. The number of benzene rings is 5. The van der Waals surface area contributed by atoms with Gasteiger partial charge in [-0.2, -0.15) is 0 Å². The van der Waals surface area contributed by atoms with Gasteiger partial charge in [0.05, 0.1) is 0 Å². The summed E-state index contributed by atoms with van der Waals surface area (Å²) >= 11 is 0. The fourth-order valence-corrected chi connectivity index (χ4v) is 11.1. The van der Waals surface area contributed by atoms with Crippen LogP contribution in [0.15, 0.2) is 72.8 Å². The molecule has 0 fully saturated rings. The molecule has 5 aromatic rings. The first kappa shape index (κ1) is 46.6. The summed E-state index contributed by atoms with van der Waals surface area (Å²) in [4.78, 5) is 0. The van der Waals surface area contributed by atoms with Crippen molar-refractivity contribution in [2.45, 2.75) is 132 Å². The van der Waals surface area contributed by atoms with E-state index in [4.69, 9.17) is 0 Å². The van der Waals surface area contributed by atoms with E-state index in [0.717, 1.165) is 73.8 Å². The van der Waals surface area contributed by atoms with Crippen LogP contribution in [0.3, 0.4) is 0 Å². The maximum absolute atomic E-state index is 12.7. The van der Waals surface area contributed by atoms with Crippen LogP contribution in [0, 0.1) is 20.8 Å². The quantitative estimate of drug-likeness (QED) is 0.145. The molecule has 316 valence electrons. The molecule has 0 heterocycles. The lowest BCUT2D eigenvalue weighted by molar-refractivity contribution is 0.479. The molecule has 1 atom stereocenters. The van der Waals surface area contributed by atoms with Crippen LogP contribution in [0.5, 0.6) is 11.5 Å². The number of hydrogen-bond donors (Lipinski definition) is 2. The fourth-order valence-electron chi connectivity index (χ4n) is 8.04. The summed E-state index contributed by atoms with van der Waals surface area (Å²) in [6, 6.07) is 27.0. The molecular weight excluding hydrogens is 755 g/mol. The molecule has 5 aromatic carbocycles. The van der Waals surface area contributed by atoms with Gasteiger partial charge in [-0.1, -0.05) is 140 Å². The number of aromatic hydroxyl groups is 2. The molecule has 5 rings (SSSR count). The lowest BCUT2D eigenvalue weighted by Crippen LogP contribution is -2.16. The van der Waals surface area contributed by atoms with Crippen LogP contribution in [-0.4, -0.2) is 42.5 Å². The summed E-state index contributed by atoms with van der Waals surface area (Å²) in [5.74, 6) is 0.632. The van der Waals surface area contributed by atoms with E-state index < -0.39 is 7.92 Å². The van der Waals surface area contributed by atoms with Crippen molar-refractivity contribution in [3.8, 4) is 56.0 Å². The topological polar surface area (TPSA) is 40.5 Å². The highest BCUT2D eigenvalue weighted by Gasteiger charge is 2.28. The molecule has 0 aromatic heterocycles. The zero-order valence-electron chi connectivity index (χ0n) is 39.8. The Kier molecular flexibility index (Phi) is 13.5.